The Morgan fingerprint density at radius 3 is 2.64 bits per heavy atom. The molecule has 0 aliphatic carbocycles. The van der Waals surface area contributed by atoms with Crippen LogP contribution < -0.4 is 5.32 Å². The summed E-state index contributed by atoms with van der Waals surface area (Å²) in [7, 11) is 0. The molecule has 3 nitrogen and oxygen atoms in total. The summed E-state index contributed by atoms with van der Waals surface area (Å²) in [5, 5.41) is 13.6. The largest absolute Gasteiger partial charge is 0.320 e. The van der Waals surface area contributed by atoms with Gasteiger partial charge < -0.3 is 5.32 Å². The van der Waals surface area contributed by atoms with Crippen LogP contribution in [0.25, 0.3) is 0 Å². The van der Waals surface area contributed by atoms with Gasteiger partial charge in [-0.2, -0.15) is 5.26 Å². The fraction of sp³-hybridized carbons (Fsp3) is 0.158. The maximum Gasteiger partial charge on any atom is 0.225 e. The minimum atomic E-state index is -0.368. The molecule has 25 heavy (non-hydrogen) atoms. The molecule has 1 amide bonds. The van der Waals surface area contributed by atoms with Crippen LogP contribution in [0.2, 0.25) is 5.02 Å². The van der Waals surface area contributed by atoms with E-state index in [0.29, 0.717) is 21.4 Å². The Hall–Kier alpha value is -2.29. The monoisotopic (exact) mass is 372 g/mol. The van der Waals surface area contributed by atoms with Gasteiger partial charge in [0.25, 0.3) is 0 Å². The Morgan fingerprint density at radius 1 is 1.24 bits per heavy atom. The van der Waals surface area contributed by atoms with Crippen molar-refractivity contribution in [1.29, 1.82) is 5.26 Å². The molecule has 126 valence electrons. The molecule has 0 saturated heterocycles. The van der Waals surface area contributed by atoms with Crippen LogP contribution in [0.4, 0.5) is 4.39 Å². The standard InChI is InChI=1S/C19H14ClFN2OS/c20-17-4-2-1-3-13(17)11-25-19-16(10-22)15(9-18(24)23-19)12-5-7-14(21)8-6-12/h1-8,15H,9,11H2,(H,23,24). The number of hydrogen-bond donors (Lipinski definition) is 1. The highest BCUT2D eigenvalue weighted by atomic mass is 35.5. The van der Waals surface area contributed by atoms with Crippen LogP contribution in [0.5, 0.6) is 0 Å². The van der Waals surface area contributed by atoms with Crippen molar-refractivity contribution < 1.29 is 9.18 Å². The molecule has 0 fully saturated rings. The molecule has 0 radical (unpaired) electrons. The highest BCUT2D eigenvalue weighted by molar-refractivity contribution is 8.02. The van der Waals surface area contributed by atoms with Crippen molar-refractivity contribution in [3.8, 4) is 6.07 Å². The summed E-state index contributed by atoms with van der Waals surface area (Å²) in [6.45, 7) is 0. The lowest BCUT2D eigenvalue weighted by molar-refractivity contribution is -0.120. The van der Waals surface area contributed by atoms with Crippen LogP contribution in [0, 0.1) is 17.1 Å². The van der Waals surface area contributed by atoms with Crippen molar-refractivity contribution in [1.82, 2.24) is 5.32 Å². The topological polar surface area (TPSA) is 52.9 Å². The number of nitriles is 1. The van der Waals surface area contributed by atoms with Crippen LogP contribution in [-0.4, -0.2) is 5.91 Å². The fourth-order valence-electron chi connectivity index (χ4n) is 2.68. The average molecular weight is 373 g/mol. The molecular formula is C19H14ClFN2OS. The van der Waals surface area contributed by atoms with Gasteiger partial charge in [-0.15, -0.1) is 11.8 Å². The number of carbonyl (C=O) groups excluding carboxylic acids is 1. The minimum absolute atomic E-state index is 0.157. The van der Waals surface area contributed by atoms with E-state index in [4.69, 9.17) is 11.6 Å². The van der Waals surface area contributed by atoms with Gasteiger partial charge in [-0.05, 0) is 29.3 Å². The first-order chi connectivity index (χ1) is 12.1. The average Bonchev–Trinajstić information content (AvgIpc) is 2.61. The number of thioether (sulfide) groups is 1. The molecule has 3 rings (SSSR count). The second-order valence-electron chi connectivity index (χ2n) is 5.59. The Bertz CT molecular complexity index is 874. The lowest BCUT2D eigenvalue weighted by Crippen LogP contribution is -2.30. The summed E-state index contributed by atoms with van der Waals surface area (Å²) in [6, 6.07) is 15.6. The van der Waals surface area contributed by atoms with Gasteiger partial charge in [-0.1, -0.05) is 41.9 Å². The SMILES string of the molecule is N#CC1=C(SCc2ccccc2Cl)NC(=O)CC1c1ccc(F)cc1. The first kappa shape index (κ1) is 17.5. The van der Waals surface area contributed by atoms with Crippen LogP contribution in [0.15, 0.2) is 59.1 Å². The van der Waals surface area contributed by atoms with Gasteiger partial charge in [0.2, 0.25) is 5.91 Å². The Kier molecular flexibility index (Phi) is 5.42. The highest BCUT2D eigenvalue weighted by Gasteiger charge is 2.29. The molecule has 1 unspecified atom stereocenters. The number of halogens is 2. The number of hydrogen-bond acceptors (Lipinski definition) is 3. The van der Waals surface area contributed by atoms with E-state index in [-0.39, 0.29) is 24.1 Å². The van der Waals surface area contributed by atoms with E-state index in [2.05, 4.69) is 11.4 Å². The van der Waals surface area contributed by atoms with E-state index >= 15 is 0 Å². The van der Waals surface area contributed by atoms with E-state index in [1.54, 1.807) is 18.2 Å². The van der Waals surface area contributed by atoms with E-state index < -0.39 is 0 Å². The van der Waals surface area contributed by atoms with Crippen LogP contribution in [0.1, 0.15) is 23.5 Å². The molecule has 2 aromatic rings. The van der Waals surface area contributed by atoms with Crippen molar-refractivity contribution in [2.75, 3.05) is 0 Å². The molecule has 6 heteroatoms. The number of rotatable bonds is 4. The van der Waals surface area contributed by atoms with Gasteiger partial charge >= 0.3 is 0 Å². The molecule has 1 N–H and O–H groups in total. The van der Waals surface area contributed by atoms with E-state index in [1.165, 1.54) is 23.9 Å². The minimum Gasteiger partial charge on any atom is -0.320 e. The van der Waals surface area contributed by atoms with Gasteiger partial charge in [0, 0.05) is 23.1 Å². The zero-order chi connectivity index (χ0) is 17.8. The van der Waals surface area contributed by atoms with Crippen molar-refractivity contribution in [3.05, 3.63) is 81.1 Å². The molecule has 0 bridgehead atoms. The molecule has 0 spiro atoms. The zero-order valence-corrected chi connectivity index (χ0v) is 14.7. The Morgan fingerprint density at radius 2 is 1.96 bits per heavy atom. The van der Waals surface area contributed by atoms with E-state index in [9.17, 15) is 14.4 Å². The zero-order valence-electron chi connectivity index (χ0n) is 13.1. The van der Waals surface area contributed by atoms with E-state index in [0.717, 1.165) is 11.1 Å². The molecule has 2 aromatic carbocycles. The molecular weight excluding hydrogens is 359 g/mol. The van der Waals surface area contributed by atoms with Crippen molar-refractivity contribution in [2.24, 2.45) is 0 Å². The summed E-state index contributed by atoms with van der Waals surface area (Å²) >= 11 is 7.53. The van der Waals surface area contributed by atoms with Crippen molar-refractivity contribution in [2.45, 2.75) is 18.1 Å². The predicted octanol–water partition coefficient (Wildman–Crippen LogP) is 4.75. The lowest BCUT2D eigenvalue weighted by Gasteiger charge is -2.25. The third-order valence-corrected chi connectivity index (χ3v) is 5.39. The van der Waals surface area contributed by atoms with E-state index in [1.807, 2.05) is 18.2 Å². The summed E-state index contributed by atoms with van der Waals surface area (Å²) < 4.78 is 13.2. The third kappa shape index (κ3) is 4.04. The first-order valence-corrected chi connectivity index (χ1v) is 9.00. The Balaban J connectivity index is 1.89. The van der Waals surface area contributed by atoms with Gasteiger partial charge in [-0.3, -0.25) is 4.79 Å². The normalized spacial score (nSPS) is 17.2. The van der Waals surface area contributed by atoms with Gasteiger partial charge in [-0.25, -0.2) is 4.39 Å². The molecule has 1 atom stereocenters. The number of nitrogens with zero attached hydrogens (tertiary/aromatic N) is 1. The quantitative estimate of drug-likeness (QED) is 0.842. The number of carbonyl (C=O) groups is 1. The van der Waals surface area contributed by atoms with Crippen molar-refractivity contribution >= 4 is 29.3 Å². The van der Waals surface area contributed by atoms with Crippen LogP contribution in [-0.2, 0) is 10.5 Å². The molecule has 1 aliphatic heterocycles. The molecule has 1 heterocycles. The second kappa shape index (κ2) is 7.73. The third-order valence-electron chi connectivity index (χ3n) is 3.96. The summed E-state index contributed by atoms with van der Waals surface area (Å²) in [5.41, 5.74) is 2.17. The number of allylic oxidation sites excluding steroid dienone is 1. The van der Waals surface area contributed by atoms with Crippen LogP contribution in [0.3, 0.4) is 0 Å². The van der Waals surface area contributed by atoms with Crippen LogP contribution >= 0.6 is 23.4 Å². The lowest BCUT2D eigenvalue weighted by atomic mass is 9.87. The summed E-state index contributed by atoms with van der Waals surface area (Å²) in [6.07, 6.45) is 0.171. The number of nitrogens with one attached hydrogen (secondary N) is 1. The number of benzene rings is 2. The van der Waals surface area contributed by atoms with Crippen molar-refractivity contribution in [3.63, 3.8) is 0 Å². The van der Waals surface area contributed by atoms with Gasteiger partial charge in [0.05, 0.1) is 16.7 Å². The van der Waals surface area contributed by atoms with Gasteiger partial charge in [0.15, 0.2) is 0 Å². The maximum atomic E-state index is 13.2. The Labute approximate surface area is 154 Å². The molecule has 1 aliphatic rings. The second-order valence-corrected chi connectivity index (χ2v) is 6.98. The molecule has 0 saturated carbocycles. The van der Waals surface area contributed by atoms with Gasteiger partial charge in [0.1, 0.15) is 5.82 Å². The predicted molar refractivity (Wildman–Crippen MR) is 97.3 cm³/mol. The maximum absolute atomic E-state index is 13.2. The fourth-order valence-corrected chi connectivity index (χ4v) is 4.04. The summed E-state index contributed by atoms with van der Waals surface area (Å²) in [4.78, 5) is 12.1. The summed E-state index contributed by atoms with van der Waals surface area (Å²) in [5.74, 6) is -0.334. The number of amides is 1. The molecule has 0 aromatic heterocycles. The smallest absolute Gasteiger partial charge is 0.225 e. The highest BCUT2D eigenvalue weighted by Crippen LogP contribution is 2.37. The first-order valence-electron chi connectivity index (χ1n) is 7.64.